The van der Waals surface area contributed by atoms with E-state index in [1.54, 1.807) is 0 Å². The van der Waals surface area contributed by atoms with Crippen molar-refractivity contribution >= 4 is 14.3 Å². The fourth-order valence-electron chi connectivity index (χ4n) is 0.742. The van der Waals surface area contributed by atoms with Crippen molar-refractivity contribution in [1.29, 1.82) is 0 Å². The van der Waals surface area contributed by atoms with Gasteiger partial charge in [-0.3, -0.25) is 0 Å². The van der Waals surface area contributed by atoms with Crippen molar-refractivity contribution in [3.05, 3.63) is 0 Å². The number of rotatable bonds is 1. The Bertz CT molecular complexity index is 69.3. The van der Waals surface area contributed by atoms with E-state index >= 15 is 0 Å². The van der Waals surface area contributed by atoms with Crippen molar-refractivity contribution in [3.63, 3.8) is 0 Å². The van der Waals surface area contributed by atoms with Gasteiger partial charge in [0.1, 0.15) is 6.60 Å². The van der Waals surface area contributed by atoms with E-state index in [1.165, 1.54) is 0 Å². The van der Waals surface area contributed by atoms with Gasteiger partial charge in [0.25, 0.3) is 0 Å². The molecule has 1 rings (SSSR count). The van der Waals surface area contributed by atoms with E-state index in [4.69, 9.17) is 19.2 Å². The summed E-state index contributed by atoms with van der Waals surface area (Å²) < 4.78 is 0. The summed E-state index contributed by atoms with van der Waals surface area (Å²) in [6.45, 7) is 0.826. The lowest BCUT2D eigenvalue weighted by Crippen LogP contribution is -2.08. The minimum atomic E-state index is 0.185. The molecule has 0 bridgehead atoms. The van der Waals surface area contributed by atoms with Crippen LogP contribution in [-0.4, -0.2) is 26.8 Å². The summed E-state index contributed by atoms with van der Waals surface area (Å²) in [7, 11) is 5.42. The highest BCUT2D eigenvalue weighted by Crippen LogP contribution is 2.29. The smallest absolute Gasteiger partial charge is 0.117 e. The third kappa shape index (κ3) is 0.683. The molecule has 0 amide bonds. The third-order valence-corrected chi connectivity index (χ3v) is 1.56. The van der Waals surface area contributed by atoms with Crippen molar-refractivity contribution < 1.29 is 0 Å². The second kappa shape index (κ2) is 1.53. The molecule has 0 unspecified atom stereocenters. The quantitative estimate of drug-likeness (QED) is 0.382. The zero-order chi connectivity index (χ0) is 5.44. The molecule has 0 spiro atoms. The summed E-state index contributed by atoms with van der Waals surface area (Å²) in [6.07, 6.45) is 0. The maximum Gasteiger partial charge on any atom is 0.117 e. The molecule has 2 atom stereocenters. The Kier molecular flexibility index (Phi) is 1.13. The molecule has 1 fully saturated rings. The summed E-state index contributed by atoms with van der Waals surface area (Å²) in [5.74, 6) is 0.588. The van der Waals surface area contributed by atoms with Gasteiger partial charge in [0, 0.05) is 7.74 Å². The molecule has 1 heterocycles. The Morgan fingerprint density at radius 1 is 1.71 bits per heavy atom. The van der Waals surface area contributed by atoms with Crippen LogP contribution in [0.25, 0.3) is 0 Å². The zero-order valence-electron chi connectivity index (χ0n) is 4.17. The molecule has 4 N–H and O–H groups in total. The molecular formula is C3H8B2N2. The summed E-state index contributed by atoms with van der Waals surface area (Å²) in [6, 6.07) is 0. The minimum Gasteiger partial charge on any atom is -0.336 e. The molecule has 0 saturated carbocycles. The van der Waals surface area contributed by atoms with Crippen LogP contribution < -0.4 is 11.5 Å². The Hall–Kier alpha value is 0.0499. The van der Waals surface area contributed by atoms with Crippen LogP contribution in [0.3, 0.4) is 0 Å². The molecule has 1 aliphatic heterocycles. The van der Waals surface area contributed by atoms with Gasteiger partial charge in [-0.05, 0) is 18.3 Å². The second-order valence-electron chi connectivity index (χ2n) is 2.05. The molecule has 0 aromatic heterocycles. The van der Waals surface area contributed by atoms with Gasteiger partial charge >= 0.3 is 0 Å². The summed E-state index contributed by atoms with van der Waals surface area (Å²) in [5, 5.41) is 0. The van der Waals surface area contributed by atoms with Crippen LogP contribution in [0.1, 0.15) is 0 Å². The minimum absolute atomic E-state index is 0.185. The normalized spacial score (nSPS) is 38.9. The van der Waals surface area contributed by atoms with Crippen molar-refractivity contribution in [2.45, 2.75) is 11.8 Å². The first-order valence-corrected chi connectivity index (χ1v) is 2.48. The van der Waals surface area contributed by atoms with Crippen LogP contribution >= 0.6 is 0 Å². The maximum atomic E-state index is 5.42. The van der Waals surface area contributed by atoms with E-state index in [0.29, 0.717) is 12.4 Å². The molecule has 0 aromatic rings. The van der Waals surface area contributed by atoms with Gasteiger partial charge in [0.15, 0.2) is 0 Å². The van der Waals surface area contributed by atoms with E-state index in [2.05, 4.69) is 0 Å². The van der Waals surface area contributed by atoms with E-state index in [1.807, 2.05) is 0 Å². The van der Waals surface area contributed by atoms with Crippen LogP contribution in [0.4, 0.5) is 0 Å². The van der Waals surface area contributed by atoms with E-state index < -0.39 is 0 Å². The lowest BCUT2D eigenvalue weighted by atomic mass is 9.46. The summed E-state index contributed by atoms with van der Waals surface area (Å²) in [5.41, 5.74) is 10.7. The standard InChI is InChI=1S/C3H8B2N2/c4-5-2(1-6)3(5)7/h2-3H,1,6-7H2/t2-,3+/m0/s1. The molecule has 1 saturated heterocycles. The molecule has 1 aliphatic rings. The van der Waals surface area contributed by atoms with Crippen LogP contribution in [-0.2, 0) is 0 Å². The van der Waals surface area contributed by atoms with E-state index in [-0.39, 0.29) is 12.5 Å². The largest absolute Gasteiger partial charge is 0.336 e. The van der Waals surface area contributed by atoms with Crippen molar-refractivity contribution in [2.24, 2.45) is 11.5 Å². The Balaban J connectivity index is 2.24. The monoisotopic (exact) mass is 94.1 g/mol. The Labute approximate surface area is 45.1 Å². The van der Waals surface area contributed by atoms with Crippen LogP contribution in [0, 0.1) is 0 Å². The van der Waals surface area contributed by atoms with Gasteiger partial charge in [-0.1, -0.05) is 0 Å². The zero-order valence-corrected chi connectivity index (χ0v) is 4.17. The molecule has 2 nitrogen and oxygen atoms in total. The summed E-state index contributed by atoms with van der Waals surface area (Å²) >= 11 is 0. The average molecular weight is 93.7 g/mol. The Morgan fingerprint density at radius 2 is 2.14 bits per heavy atom. The number of nitrogens with two attached hydrogens (primary N) is 2. The highest BCUT2D eigenvalue weighted by molar-refractivity contribution is 7.12. The predicted octanol–water partition coefficient (Wildman–Crippen LogP) is -1.64. The molecule has 0 aliphatic carbocycles. The van der Waals surface area contributed by atoms with Gasteiger partial charge in [-0.25, -0.2) is 0 Å². The average Bonchev–Trinajstić information content (AvgIpc) is 2.17. The Morgan fingerprint density at radius 3 is 2.14 bits per heavy atom. The van der Waals surface area contributed by atoms with Crippen LogP contribution in [0.5, 0.6) is 0 Å². The highest BCUT2D eigenvalue weighted by atomic mass is 14.7. The van der Waals surface area contributed by atoms with Gasteiger partial charge in [0.2, 0.25) is 0 Å². The van der Waals surface area contributed by atoms with Crippen molar-refractivity contribution in [1.82, 2.24) is 0 Å². The molecule has 0 aromatic carbocycles. The fourth-order valence-corrected chi connectivity index (χ4v) is 0.742. The van der Waals surface area contributed by atoms with E-state index in [9.17, 15) is 0 Å². The number of hydrogen-bond donors (Lipinski definition) is 2. The van der Waals surface area contributed by atoms with Crippen LogP contribution in [0.15, 0.2) is 0 Å². The fraction of sp³-hybridized carbons (Fsp3) is 1.00. The third-order valence-electron chi connectivity index (χ3n) is 1.56. The maximum absolute atomic E-state index is 5.42. The SMILES string of the molecule is [B]B1[C@@H](CN)[C@H]1N. The van der Waals surface area contributed by atoms with Crippen molar-refractivity contribution in [2.75, 3.05) is 6.54 Å². The topological polar surface area (TPSA) is 52.0 Å². The molecular weight excluding hydrogens is 85.7 g/mol. The first kappa shape index (κ1) is 5.19. The molecule has 7 heavy (non-hydrogen) atoms. The lowest BCUT2D eigenvalue weighted by Gasteiger charge is -1.83. The second-order valence-corrected chi connectivity index (χ2v) is 2.05. The molecule has 2 radical (unpaired) electrons. The van der Waals surface area contributed by atoms with E-state index in [0.717, 1.165) is 0 Å². The highest BCUT2D eigenvalue weighted by Gasteiger charge is 2.44. The summed E-state index contributed by atoms with van der Waals surface area (Å²) in [4.78, 5) is 0. The number of hydrogen-bond acceptors (Lipinski definition) is 2. The van der Waals surface area contributed by atoms with Crippen molar-refractivity contribution in [3.8, 4) is 0 Å². The molecule has 4 heteroatoms. The lowest BCUT2D eigenvalue weighted by molar-refractivity contribution is 0.897. The predicted molar refractivity (Wildman–Crippen MR) is 32.3 cm³/mol. The van der Waals surface area contributed by atoms with Gasteiger partial charge < -0.3 is 11.5 Å². The van der Waals surface area contributed by atoms with Crippen LogP contribution in [0.2, 0.25) is 5.82 Å². The van der Waals surface area contributed by atoms with Gasteiger partial charge in [-0.2, -0.15) is 0 Å². The molecule has 36 valence electrons. The first-order valence-electron chi connectivity index (χ1n) is 2.48. The van der Waals surface area contributed by atoms with Gasteiger partial charge in [0.05, 0.1) is 0 Å². The van der Waals surface area contributed by atoms with Gasteiger partial charge in [-0.15, -0.1) is 0 Å². The first-order chi connectivity index (χ1) is 3.27.